The van der Waals surface area contributed by atoms with Crippen LogP contribution in [0.4, 0.5) is 5.69 Å². The second-order valence-corrected chi connectivity index (χ2v) is 5.22. The molecular weight excluding hydrogens is 316 g/mol. The number of methoxy groups -OCH3 is 1. The summed E-state index contributed by atoms with van der Waals surface area (Å²) in [5, 5.41) is 12.2. The van der Waals surface area contributed by atoms with E-state index in [4.69, 9.17) is 10.00 Å². The van der Waals surface area contributed by atoms with E-state index >= 15 is 0 Å². The van der Waals surface area contributed by atoms with E-state index in [0.717, 1.165) is 10.2 Å². The molecule has 3 nitrogen and oxygen atoms in total. The van der Waals surface area contributed by atoms with Gasteiger partial charge in [-0.2, -0.15) is 5.26 Å². The van der Waals surface area contributed by atoms with E-state index < -0.39 is 0 Å². The van der Waals surface area contributed by atoms with E-state index in [1.54, 1.807) is 13.2 Å². The molecule has 0 atom stereocenters. The molecule has 2 rings (SSSR count). The summed E-state index contributed by atoms with van der Waals surface area (Å²) in [5.74, 6) is 0. The lowest BCUT2D eigenvalue weighted by atomic mass is 10.1. The zero-order valence-corrected chi connectivity index (χ0v) is 12.8. The number of nitriles is 1. The molecule has 2 aromatic rings. The Hall–Kier alpha value is -1.83. The largest absolute Gasteiger partial charge is 0.380 e. The van der Waals surface area contributed by atoms with Crippen LogP contribution in [0, 0.1) is 11.3 Å². The summed E-state index contributed by atoms with van der Waals surface area (Å²) < 4.78 is 6.09. The normalized spacial score (nSPS) is 10.1. The van der Waals surface area contributed by atoms with Gasteiger partial charge in [0.2, 0.25) is 0 Å². The van der Waals surface area contributed by atoms with Crippen molar-refractivity contribution in [2.75, 3.05) is 12.4 Å². The fourth-order valence-corrected chi connectivity index (χ4v) is 2.46. The van der Waals surface area contributed by atoms with Gasteiger partial charge in [-0.1, -0.05) is 24.3 Å². The zero-order chi connectivity index (χ0) is 14.4. The zero-order valence-electron chi connectivity index (χ0n) is 11.2. The number of hydrogen-bond acceptors (Lipinski definition) is 3. The average Bonchev–Trinajstić information content (AvgIpc) is 2.47. The van der Waals surface area contributed by atoms with Crippen LogP contribution in [0.5, 0.6) is 0 Å². The lowest BCUT2D eigenvalue weighted by Gasteiger charge is -2.12. The van der Waals surface area contributed by atoms with Gasteiger partial charge >= 0.3 is 0 Å². The number of nitrogens with zero attached hydrogens (tertiary/aromatic N) is 1. The van der Waals surface area contributed by atoms with E-state index in [-0.39, 0.29) is 0 Å². The highest BCUT2D eigenvalue weighted by Crippen LogP contribution is 2.24. The van der Waals surface area contributed by atoms with Crippen LogP contribution in [0.15, 0.2) is 46.9 Å². The Bertz CT molecular complexity index is 635. The molecule has 2 aromatic carbocycles. The molecule has 20 heavy (non-hydrogen) atoms. The molecule has 0 amide bonds. The van der Waals surface area contributed by atoms with E-state index in [0.29, 0.717) is 18.7 Å². The molecule has 0 aromatic heterocycles. The summed E-state index contributed by atoms with van der Waals surface area (Å²) >= 11 is 3.47. The lowest BCUT2D eigenvalue weighted by Crippen LogP contribution is -2.04. The van der Waals surface area contributed by atoms with E-state index in [1.165, 1.54) is 11.1 Å². The molecule has 0 unspecified atom stereocenters. The van der Waals surface area contributed by atoms with E-state index in [2.05, 4.69) is 39.4 Å². The third-order valence-corrected chi connectivity index (χ3v) is 3.64. The Balaban J connectivity index is 2.11. The van der Waals surface area contributed by atoms with Gasteiger partial charge in [0.15, 0.2) is 0 Å². The van der Waals surface area contributed by atoms with Crippen LogP contribution in [-0.2, 0) is 17.9 Å². The Labute approximate surface area is 127 Å². The molecule has 0 saturated carbocycles. The molecular formula is C16H15BrN2O. The molecule has 0 bridgehead atoms. The highest BCUT2D eigenvalue weighted by atomic mass is 79.9. The van der Waals surface area contributed by atoms with Crippen molar-refractivity contribution in [3.63, 3.8) is 0 Å². The monoisotopic (exact) mass is 330 g/mol. The van der Waals surface area contributed by atoms with Gasteiger partial charge in [-0.25, -0.2) is 0 Å². The molecule has 0 saturated heterocycles. The molecule has 0 spiro atoms. The lowest BCUT2D eigenvalue weighted by molar-refractivity contribution is 0.184. The van der Waals surface area contributed by atoms with Crippen molar-refractivity contribution >= 4 is 21.6 Å². The highest BCUT2D eigenvalue weighted by molar-refractivity contribution is 9.10. The Morgan fingerprint density at radius 2 is 1.95 bits per heavy atom. The topological polar surface area (TPSA) is 45.0 Å². The number of benzene rings is 2. The van der Waals surface area contributed by atoms with E-state index in [9.17, 15) is 0 Å². The quantitative estimate of drug-likeness (QED) is 0.898. The highest BCUT2D eigenvalue weighted by Gasteiger charge is 2.04. The second kappa shape index (κ2) is 7.09. The Morgan fingerprint density at radius 3 is 2.60 bits per heavy atom. The van der Waals surface area contributed by atoms with Gasteiger partial charge in [-0.05, 0) is 45.3 Å². The number of anilines is 1. The van der Waals surface area contributed by atoms with Crippen molar-refractivity contribution in [3.8, 4) is 6.07 Å². The number of ether oxygens (including phenoxy) is 1. The van der Waals surface area contributed by atoms with Crippen molar-refractivity contribution in [1.82, 2.24) is 0 Å². The van der Waals surface area contributed by atoms with Gasteiger partial charge in [0.1, 0.15) is 0 Å². The smallest absolute Gasteiger partial charge is 0.0992 e. The maximum absolute atomic E-state index is 8.85. The van der Waals surface area contributed by atoms with E-state index in [1.807, 2.05) is 24.3 Å². The van der Waals surface area contributed by atoms with Gasteiger partial charge < -0.3 is 10.1 Å². The minimum atomic E-state index is 0.604. The number of hydrogen-bond donors (Lipinski definition) is 1. The standard InChI is InChI=1S/C16H15BrN2O/c1-20-11-14-5-3-2-4-13(14)10-19-16-7-6-12(9-18)8-15(16)17/h2-8,19H,10-11H2,1H3. The Morgan fingerprint density at radius 1 is 1.20 bits per heavy atom. The molecule has 0 aliphatic heterocycles. The van der Waals surface area contributed by atoms with Gasteiger partial charge in [0.05, 0.1) is 18.2 Å². The SMILES string of the molecule is COCc1ccccc1CNc1ccc(C#N)cc1Br. The molecule has 102 valence electrons. The van der Waals surface area contributed by atoms with Crippen LogP contribution in [-0.4, -0.2) is 7.11 Å². The molecule has 0 aliphatic rings. The van der Waals surface area contributed by atoms with Gasteiger partial charge in [-0.15, -0.1) is 0 Å². The summed E-state index contributed by atoms with van der Waals surface area (Å²) in [6.07, 6.45) is 0. The molecule has 0 radical (unpaired) electrons. The summed E-state index contributed by atoms with van der Waals surface area (Å²) in [5.41, 5.74) is 3.98. The summed E-state index contributed by atoms with van der Waals surface area (Å²) in [7, 11) is 1.70. The maximum atomic E-state index is 8.85. The van der Waals surface area contributed by atoms with Gasteiger partial charge in [0.25, 0.3) is 0 Å². The third-order valence-electron chi connectivity index (χ3n) is 2.99. The van der Waals surface area contributed by atoms with Gasteiger partial charge in [-0.3, -0.25) is 0 Å². The molecule has 0 fully saturated rings. The van der Waals surface area contributed by atoms with Crippen LogP contribution < -0.4 is 5.32 Å². The first-order valence-corrected chi connectivity index (χ1v) is 7.03. The molecule has 1 N–H and O–H groups in total. The maximum Gasteiger partial charge on any atom is 0.0992 e. The fourth-order valence-electron chi connectivity index (χ4n) is 1.94. The minimum Gasteiger partial charge on any atom is -0.380 e. The van der Waals surface area contributed by atoms with Gasteiger partial charge in [0, 0.05) is 23.8 Å². The van der Waals surface area contributed by atoms with Crippen LogP contribution >= 0.6 is 15.9 Å². The summed E-state index contributed by atoms with van der Waals surface area (Å²) in [4.78, 5) is 0. The first-order valence-electron chi connectivity index (χ1n) is 6.24. The first-order chi connectivity index (χ1) is 9.74. The number of rotatable bonds is 5. The van der Waals surface area contributed by atoms with Crippen molar-refractivity contribution in [2.45, 2.75) is 13.2 Å². The minimum absolute atomic E-state index is 0.604. The van der Waals surface area contributed by atoms with Crippen LogP contribution in [0.1, 0.15) is 16.7 Å². The van der Waals surface area contributed by atoms with Crippen molar-refractivity contribution < 1.29 is 4.74 Å². The predicted molar refractivity (Wildman–Crippen MR) is 83.3 cm³/mol. The Kier molecular flexibility index (Phi) is 5.16. The predicted octanol–water partition coefficient (Wildman–Crippen LogP) is 4.08. The first kappa shape index (κ1) is 14.6. The number of halogens is 1. The summed E-state index contributed by atoms with van der Waals surface area (Å²) in [6, 6.07) is 15.8. The van der Waals surface area contributed by atoms with Crippen LogP contribution in [0.3, 0.4) is 0 Å². The molecule has 0 heterocycles. The van der Waals surface area contributed by atoms with Crippen molar-refractivity contribution in [3.05, 3.63) is 63.6 Å². The van der Waals surface area contributed by atoms with Crippen molar-refractivity contribution in [2.24, 2.45) is 0 Å². The molecule has 4 heteroatoms. The van der Waals surface area contributed by atoms with Crippen molar-refractivity contribution in [1.29, 1.82) is 5.26 Å². The molecule has 0 aliphatic carbocycles. The number of nitrogens with one attached hydrogen (secondary N) is 1. The average molecular weight is 331 g/mol. The van der Waals surface area contributed by atoms with Crippen LogP contribution in [0.2, 0.25) is 0 Å². The summed E-state index contributed by atoms with van der Waals surface area (Å²) in [6.45, 7) is 1.32. The fraction of sp³-hybridized carbons (Fsp3) is 0.188. The second-order valence-electron chi connectivity index (χ2n) is 4.36. The third kappa shape index (κ3) is 3.60. The van der Waals surface area contributed by atoms with Crippen LogP contribution in [0.25, 0.3) is 0 Å².